The number of carbonyl (C=O) groups excluding carboxylic acids is 1. The van der Waals surface area contributed by atoms with E-state index in [2.05, 4.69) is 10.5 Å². The molecule has 31 heavy (non-hydrogen) atoms. The van der Waals surface area contributed by atoms with Crippen LogP contribution in [-0.4, -0.2) is 24.2 Å². The number of nitrogens with zero attached hydrogens (tertiary/aromatic N) is 2. The summed E-state index contributed by atoms with van der Waals surface area (Å²) in [6.45, 7) is 2.34. The molecule has 3 aromatic rings. The minimum Gasteiger partial charge on any atom is -0.493 e. The van der Waals surface area contributed by atoms with Gasteiger partial charge in [-0.2, -0.15) is 5.10 Å². The van der Waals surface area contributed by atoms with Gasteiger partial charge in [0.25, 0.3) is 11.6 Å². The molecule has 0 spiro atoms. The van der Waals surface area contributed by atoms with Crippen molar-refractivity contribution in [2.45, 2.75) is 13.5 Å². The Morgan fingerprint density at radius 3 is 2.65 bits per heavy atom. The number of nitrogens with one attached hydrogen (secondary N) is 1. The molecule has 0 aliphatic heterocycles. The number of hydrogen-bond donors (Lipinski definition) is 1. The molecule has 0 heterocycles. The van der Waals surface area contributed by atoms with Gasteiger partial charge >= 0.3 is 0 Å². The Balaban J connectivity index is 1.74. The van der Waals surface area contributed by atoms with Crippen molar-refractivity contribution in [2.24, 2.45) is 5.10 Å². The van der Waals surface area contributed by atoms with Crippen LogP contribution in [0.5, 0.6) is 11.5 Å². The van der Waals surface area contributed by atoms with E-state index in [1.807, 2.05) is 31.2 Å². The van der Waals surface area contributed by atoms with Crippen LogP contribution in [0.25, 0.3) is 0 Å². The number of rotatable bonds is 8. The first kappa shape index (κ1) is 21.5. The van der Waals surface area contributed by atoms with Gasteiger partial charge in [0.05, 0.1) is 18.2 Å². The van der Waals surface area contributed by atoms with E-state index in [9.17, 15) is 14.9 Å². The Kier molecular flexibility index (Phi) is 6.95. The Hall–Kier alpha value is -4.20. The van der Waals surface area contributed by atoms with Gasteiger partial charge < -0.3 is 9.47 Å². The van der Waals surface area contributed by atoms with Gasteiger partial charge in [0.15, 0.2) is 11.5 Å². The van der Waals surface area contributed by atoms with Crippen LogP contribution in [0, 0.1) is 17.0 Å². The van der Waals surface area contributed by atoms with Crippen molar-refractivity contribution in [3.05, 3.63) is 99.1 Å². The SMILES string of the molecule is COc1cccc(/C=N/NC(=O)c2cccc([N+](=O)[O-])c2)c1OCc1cccc(C)c1. The monoisotopic (exact) mass is 419 g/mol. The van der Waals surface area contributed by atoms with Gasteiger partial charge in [-0.05, 0) is 30.7 Å². The molecule has 1 amide bonds. The zero-order chi connectivity index (χ0) is 22.2. The third kappa shape index (κ3) is 5.66. The number of ether oxygens (including phenoxy) is 2. The highest BCUT2D eigenvalue weighted by Gasteiger charge is 2.12. The second-order valence-electron chi connectivity index (χ2n) is 6.66. The van der Waals surface area contributed by atoms with Crippen LogP contribution in [0.4, 0.5) is 5.69 Å². The van der Waals surface area contributed by atoms with Gasteiger partial charge in [0.1, 0.15) is 6.61 Å². The Morgan fingerprint density at radius 2 is 1.90 bits per heavy atom. The van der Waals surface area contributed by atoms with E-state index < -0.39 is 10.8 Å². The molecule has 0 aliphatic carbocycles. The van der Waals surface area contributed by atoms with Crippen molar-refractivity contribution in [2.75, 3.05) is 7.11 Å². The maximum absolute atomic E-state index is 12.3. The number of amides is 1. The van der Waals surface area contributed by atoms with Gasteiger partial charge in [0, 0.05) is 23.3 Å². The predicted octanol–water partition coefficient (Wildman–Crippen LogP) is 4.25. The molecule has 0 aromatic heterocycles. The lowest BCUT2D eigenvalue weighted by molar-refractivity contribution is -0.384. The summed E-state index contributed by atoms with van der Waals surface area (Å²) in [6, 6.07) is 18.7. The zero-order valence-electron chi connectivity index (χ0n) is 17.1. The largest absolute Gasteiger partial charge is 0.493 e. The first-order valence-electron chi connectivity index (χ1n) is 9.41. The van der Waals surface area contributed by atoms with Crippen LogP contribution in [0.3, 0.4) is 0 Å². The van der Waals surface area contributed by atoms with Crippen molar-refractivity contribution < 1.29 is 19.2 Å². The molecular formula is C23H21N3O5. The maximum Gasteiger partial charge on any atom is 0.271 e. The lowest BCUT2D eigenvalue weighted by atomic mass is 10.1. The molecule has 8 nitrogen and oxygen atoms in total. The maximum atomic E-state index is 12.3. The summed E-state index contributed by atoms with van der Waals surface area (Å²) >= 11 is 0. The number of benzene rings is 3. The van der Waals surface area contributed by atoms with Gasteiger partial charge in [0.2, 0.25) is 0 Å². The van der Waals surface area contributed by atoms with E-state index >= 15 is 0 Å². The Labute approximate surface area is 179 Å². The topological polar surface area (TPSA) is 103 Å². The summed E-state index contributed by atoms with van der Waals surface area (Å²) in [5.74, 6) is 0.451. The molecule has 3 rings (SSSR count). The second-order valence-corrected chi connectivity index (χ2v) is 6.66. The fraction of sp³-hybridized carbons (Fsp3) is 0.130. The van der Waals surface area contributed by atoms with E-state index in [-0.39, 0.29) is 11.3 Å². The molecule has 158 valence electrons. The van der Waals surface area contributed by atoms with Crippen molar-refractivity contribution in [1.29, 1.82) is 0 Å². The fourth-order valence-electron chi connectivity index (χ4n) is 2.89. The molecule has 0 fully saturated rings. The number of hydrazone groups is 1. The lowest BCUT2D eigenvalue weighted by Gasteiger charge is -2.13. The summed E-state index contributed by atoms with van der Waals surface area (Å²) in [6.07, 6.45) is 1.43. The molecule has 0 radical (unpaired) electrons. The van der Waals surface area contributed by atoms with Crippen LogP contribution in [0.2, 0.25) is 0 Å². The number of aryl methyl sites for hydroxylation is 1. The third-order valence-corrected chi connectivity index (χ3v) is 4.38. The van der Waals surface area contributed by atoms with E-state index in [1.54, 1.807) is 25.3 Å². The van der Waals surface area contributed by atoms with Crippen LogP contribution < -0.4 is 14.9 Å². The molecule has 0 unspecified atom stereocenters. The summed E-state index contributed by atoms with van der Waals surface area (Å²) in [4.78, 5) is 22.6. The second kappa shape index (κ2) is 10.0. The highest BCUT2D eigenvalue weighted by molar-refractivity contribution is 5.95. The summed E-state index contributed by atoms with van der Waals surface area (Å²) < 4.78 is 11.4. The van der Waals surface area contributed by atoms with Gasteiger partial charge in [-0.15, -0.1) is 0 Å². The molecule has 0 atom stereocenters. The average Bonchev–Trinajstić information content (AvgIpc) is 2.78. The number of para-hydroxylation sites is 1. The lowest BCUT2D eigenvalue weighted by Crippen LogP contribution is -2.17. The highest BCUT2D eigenvalue weighted by Crippen LogP contribution is 2.31. The van der Waals surface area contributed by atoms with Gasteiger partial charge in [-0.3, -0.25) is 14.9 Å². The molecule has 0 saturated heterocycles. The van der Waals surface area contributed by atoms with E-state index in [4.69, 9.17) is 9.47 Å². The molecule has 8 heteroatoms. The van der Waals surface area contributed by atoms with Crippen molar-refractivity contribution in [3.63, 3.8) is 0 Å². The van der Waals surface area contributed by atoms with Gasteiger partial charge in [-0.1, -0.05) is 42.0 Å². The highest BCUT2D eigenvalue weighted by atomic mass is 16.6. The smallest absolute Gasteiger partial charge is 0.271 e. The standard InChI is InChI=1S/C23H21N3O5/c1-16-6-3-7-17(12-16)15-31-22-19(9-5-11-21(22)30-2)14-24-25-23(27)18-8-4-10-20(13-18)26(28)29/h3-14H,15H2,1-2H3,(H,25,27)/b24-14+. The molecule has 0 bridgehead atoms. The Bertz CT molecular complexity index is 1130. The van der Waals surface area contributed by atoms with Crippen LogP contribution in [0.15, 0.2) is 71.8 Å². The average molecular weight is 419 g/mol. The minimum absolute atomic E-state index is 0.132. The first-order valence-corrected chi connectivity index (χ1v) is 9.41. The quantitative estimate of drug-likeness (QED) is 0.334. The van der Waals surface area contributed by atoms with E-state index in [0.717, 1.165) is 11.1 Å². The number of nitro benzene ring substituents is 1. The number of methoxy groups -OCH3 is 1. The van der Waals surface area contributed by atoms with Crippen LogP contribution >= 0.6 is 0 Å². The zero-order valence-corrected chi connectivity index (χ0v) is 17.1. The molecule has 0 saturated carbocycles. The van der Waals surface area contributed by atoms with Crippen molar-refractivity contribution >= 4 is 17.8 Å². The minimum atomic E-state index is -0.565. The third-order valence-electron chi connectivity index (χ3n) is 4.38. The van der Waals surface area contributed by atoms with E-state index in [0.29, 0.717) is 23.7 Å². The van der Waals surface area contributed by atoms with Crippen LogP contribution in [0.1, 0.15) is 27.0 Å². The molecule has 0 aliphatic rings. The molecule has 3 aromatic carbocycles. The normalized spacial score (nSPS) is 10.6. The number of non-ortho nitro benzene ring substituents is 1. The number of nitro groups is 1. The Morgan fingerprint density at radius 1 is 1.13 bits per heavy atom. The summed E-state index contributed by atoms with van der Waals surface area (Å²) in [5, 5.41) is 14.8. The summed E-state index contributed by atoms with van der Waals surface area (Å²) in [7, 11) is 1.54. The van der Waals surface area contributed by atoms with Gasteiger partial charge in [-0.25, -0.2) is 5.43 Å². The fourth-order valence-corrected chi connectivity index (χ4v) is 2.89. The summed E-state index contributed by atoms with van der Waals surface area (Å²) in [5.41, 5.74) is 5.07. The van der Waals surface area contributed by atoms with Crippen LogP contribution in [-0.2, 0) is 6.61 Å². The van der Waals surface area contributed by atoms with E-state index in [1.165, 1.54) is 30.5 Å². The first-order chi connectivity index (χ1) is 15.0. The van der Waals surface area contributed by atoms with Crippen molar-refractivity contribution in [1.82, 2.24) is 5.43 Å². The predicted molar refractivity (Wildman–Crippen MR) is 117 cm³/mol. The number of carbonyl (C=O) groups is 1. The molecular weight excluding hydrogens is 398 g/mol. The molecule has 1 N–H and O–H groups in total. The number of hydrogen-bond acceptors (Lipinski definition) is 6. The van der Waals surface area contributed by atoms with Crippen molar-refractivity contribution in [3.8, 4) is 11.5 Å².